The maximum Gasteiger partial charge on any atom is 0.264 e. The minimum atomic E-state index is -3.90. The third kappa shape index (κ3) is 5.00. The Morgan fingerprint density at radius 3 is 2.32 bits per heavy atom. The molecule has 1 atom stereocenters. The van der Waals surface area contributed by atoms with Crippen LogP contribution in [0.2, 0.25) is 0 Å². The lowest BCUT2D eigenvalue weighted by molar-refractivity contribution is 0.0937. The summed E-state index contributed by atoms with van der Waals surface area (Å²) in [6.45, 7) is 2.07. The molecule has 0 aromatic heterocycles. The number of hydrogen-bond acceptors (Lipinski definition) is 4. The first kappa shape index (κ1) is 22.6. The van der Waals surface area contributed by atoms with Crippen LogP contribution in [0.3, 0.4) is 0 Å². The van der Waals surface area contributed by atoms with Crippen molar-refractivity contribution in [2.45, 2.75) is 42.8 Å². The molecular formula is C27H29N3O3S. The van der Waals surface area contributed by atoms with Gasteiger partial charge >= 0.3 is 0 Å². The third-order valence-corrected chi connectivity index (χ3v) is 8.29. The first-order valence-corrected chi connectivity index (χ1v) is 13.2. The van der Waals surface area contributed by atoms with Gasteiger partial charge in [0.2, 0.25) is 0 Å². The molecule has 34 heavy (non-hydrogen) atoms. The summed E-state index contributed by atoms with van der Waals surface area (Å²) >= 11 is 0. The Labute approximate surface area is 201 Å². The quantitative estimate of drug-likeness (QED) is 0.534. The number of hydrogen-bond donors (Lipinski definition) is 1. The number of nitrogens with zero attached hydrogens (tertiary/aromatic N) is 2. The van der Waals surface area contributed by atoms with E-state index in [0.717, 1.165) is 25.1 Å². The standard InChI is InChI=1S/C27H29N3O3S/c31-27(28-23-16-17-29(20-23)24-14-15-24)22-10-7-13-26(18-22)34(32,33)30(25-11-5-2-6-12-25)19-21-8-3-1-4-9-21/h1-13,18,23-24H,14-17,19-20H2,(H,28,31). The van der Waals surface area contributed by atoms with Gasteiger partial charge in [-0.05, 0) is 55.2 Å². The second-order valence-corrected chi connectivity index (χ2v) is 10.9. The Bertz CT molecular complexity index is 1240. The van der Waals surface area contributed by atoms with Gasteiger partial charge in [-0.15, -0.1) is 0 Å². The largest absolute Gasteiger partial charge is 0.348 e. The first-order valence-electron chi connectivity index (χ1n) is 11.8. The van der Waals surface area contributed by atoms with Crippen molar-refractivity contribution in [2.75, 3.05) is 17.4 Å². The second kappa shape index (κ2) is 9.60. The van der Waals surface area contributed by atoms with E-state index in [1.54, 1.807) is 30.3 Å². The van der Waals surface area contributed by atoms with Crippen LogP contribution >= 0.6 is 0 Å². The number of benzene rings is 3. The van der Waals surface area contributed by atoms with Gasteiger partial charge in [-0.2, -0.15) is 0 Å². The molecule has 2 fully saturated rings. The van der Waals surface area contributed by atoms with Crippen molar-refractivity contribution >= 4 is 21.6 Å². The van der Waals surface area contributed by atoms with Gasteiger partial charge in [0.05, 0.1) is 17.1 Å². The van der Waals surface area contributed by atoms with E-state index in [1.165, 1.54) is 23.2 Å². The fourth-order valence-electron chi connectivity index (χ4n) is 4.53. The van der Waals surface area contributed by atoms with Crippen molar-refractivity contribution in [3.63, 3.8) is 0 Å². The molecule has 0 spiro atoms. The summed E-state index contributed by atoms with van der Waals surface area (Å²) in [6, 6.07) is 25.7. The predicted octanol–water partition coefficient (Wildman–Crippen LogP) is 4.05. The van der Waals surface area contributed by atoms with Crippen LogP contribution in [-0.2, 0) is 16.6 Å². The average Bonchev–Trinajstić information content (AvgIpc) is 3.62. The zero-order valence-electron chi connectivity index (χ0n) is 19.0. The Morgan fingerprint density at radius 1 is 0.912 bits per heavy atom. The van der Waals surface area contributed by atoms with Crippen LogP contribution in [0.15, 0.2) is 89.8 Å². The predicted molar refractivity (Wildman–Crippen MR) is 133 cm³/mol. The molecule has 0 radical (unpaired) electrons. The van der Waals surface area contributed by atoms with E-state index in [9.17, 15) is 13.2 Å². The molecule has 7 heteroatoms. The summed E-state index contributed by atoms with van der Waals surface area (Å²) in [5.74, 6) is -0.228. The lowest BCUT2D eigenvalue weighted by Crippen LogP contribution is -2.37. The molecule has 176 valence electrons. The fraction of sp³-hybridized carbons (Fsp3) is 0.296. The van der Waals surface area contributed by atoms with E-state index < -0.39 is 10.0 Å². The number of likely N-dealkylation sites (tertiary alicyclic amines) is 1. The molecule has 0 bridgehead atoms. The summed E-state index contributed by atoms with van der Waals surface area (Å²) in [5, 5.41) is 3.10. The van der Waals surface area contributed by atoms with Crippen LogP contribution in [0.5, 0.6) is 0 Å². The molecule has 1 amide bonds. The number of nitrogens with one attached hydrogen (secondary N) is 1. The van der Waals surface area contributed by atoms with E-state index in [0.29, 0.717) is 17.3 Å². The monoisotopic (exact) mass is 475 g/mol. The Hall–Kier alpha value is -3.16. The summed E-state index contributed by atoms with van der Waals surface area (Å²) in [5.41, 5.74) is 1.82. The van der Waals surface area contributed by atoms with Gasteiger partial charge in [-0.1, -0.05) is 54.6 Å². The minimum Gasteiger partial charge on any atom is -0.348 e. The number of anilines is 1. The van der Waals surface area contributed by atoms with E-state index in [-0.39, 0.29) is 23.4 Å². The molecule has 1 N–H and O–H groups in total. The highest BCUT2D eigenvalue weighted by Gasteiger charge is 2.35. The normalized spacial score (nSPS) is 18.5. The lowest BCUT2D eigenvalue weighted by atomic mass is 10.2. The molecule has 1 heterocycles. The Morgan fingerprint density at radius 2 is 1.62 bits per heavy atom. The number of sulfonamides is 1. The van der Waals surface area contributed by atoms with E-state index in [4.69, 9.17) is 0 Å². The minimum absolute atomic E-state index is 0.103. The van der Waals surface area contributed by atoms with Gasteiger partial charge in [0, 0.05) is 30.7 Å². The van der Waals surface area contributed by atoms with Crippen LogP contribution in [0.1, 0.15) is 35.2 Å². The van der Waals surface area contributed by atoms with Crippen LogP contribution in [-0.4, -0.2) is 44.4 Å². The molecule has 3 aromatic rings. The zero-order valence-corrected chi connectivity index (χ0v) is 19.8. The maximum absolute atomic E-state index is 13.8. The molecule has 1 aliphatic heterocycles. The van der Waals surface area contributed by atoms with Crippen LogP contribution in [0.25, 0.3) is 0 Å². The first-order chi connectivity index (χ1) is 16.5. The van der Waals surface area contributed by atoms with Crippen LogP contribution < -0.4 is 9.62 Å². The second-order valence-electron chi connectivity index (χ2n) is 9.05. The Kier molecular flexibility index (Phi) is 6.39. The molecule has 2 aliphatic rings. The van der Waals surface area contributed by atoms with Crippen molar-refractivity contribution in [3.8, 4) is 0 Å². The van der Waals surface area contributed by atoms with Crippen molar-refractivity contribution < 1.29 is 13.2 Å². The number of amides is 1. The molecule has 5 rings (SSSR count). The van der Waals surface area contributed by atoms with Crippen molar-refractivity contribution in [1.82, 2.24) is 10.2 Å². The molecular weight excluding hydrogens is 446 g/mol. The third-order valence-electron chi connectivity index (χ3n) is 6.52. The van der Waals surface area contributed by atoms with Crippen molar-refractivity contribution in [3.05, 3.63) is 96.1 Å². The lowest BCUT2D eigenvalue weighted by Gasteiger charge is -2.25. The van der Waals surface area contributed by atoms with Crippen molar-refractivity contribution in [1.29, 1.82) is 0 Å². The van der Waals surface area contributed by atoms with E-state index in [1.807, 2.05) is 48.5 Å². The van der Waals surface area contributed by atoms with Gasteiger partial charge in [0.25, 0.3) is 15.9 Å². The van der Waals surface area contributed by atoms with Crippen LogP contribution in [0.4, 0.5) is 5.69 Å². The average molecular weight is 476 g/mol. The van der Waals surface area contributed by atoms with Crippen molar-refractivity contribution in [2.24, 2.45) is 0 Å². The highest BCUT2D eigenvalue weighted by atomic mass is 32.2. The zero-order chi connectivity index (χ0) is 23.5. The smallest absolute Gasteiger partial charge is 0.264 e. The topological polar surface area (TPSA) is 69.7 Å². The molecule has 6 nitrogen and oxygen atoms in total. The summed E-state index contributed by atoms with van der Waals surface area (Å²) < 4.78 is 28.9. The highest BCUT2D eigenvalue weighted by molar-refractivity contribution is 7.92. The maximum atomic E-state index is 13.8. The van der Waals surface area contributed by atoms with E-state index in [2.05, 4.69) is 10.2 Å². The van der Waals surface area contributed by atoms with Gasteiger partial charge in [-0.25, -0.2) is 8.42 Å². The van der Waals surface area contributed by atoms with Crippen LogP contribution in [0, 0.1) is 0 Å². The summed E-state index contributed by atoms with van der Waals surface area (Å²) in [4.78, 5) is 15.5. The highest BCUT2D eigenvalue weighted by Crippen LogP contribution is 2.30. The van der Waals surface area contributed by atoms with E-state index >= 15 is 0 Å². The SMILES string of the molecule is O=C(NC1CCN(C2CC2)C1)c1cccc(S(=O)(=O)N(Cc2ccccc2)c2ccccc2)c1. The number of rotatable bonds is 8. The molecule has 1 saturated carbocycles. The van der Waals surface area contributed by atoms with Gasteiger partial charge in [0.1, 0.15) is 0 Å². The summed E-state index contributed by atoms with van der Waals surface area (Å²) in [7, 11) is -3.90. The number of carbonyl (C=O) groups excluding carboxylic acids is 1. The Balaban J connectivity index is 1.38. The number of para-hydroxylation sites is 1. The van der Waals surface area contributed by atoms with Gasteiger partial charge < -0.3 is 5.32 Å². The number of carbonyl (C=O) groups is 1. The molecule has 1 saturated heterocycles. The summed E-state index contributed by atoms with van der Waals surface area (Å²) in [6.07, 6.45) is 3.43. The molecule has 1 aliphatic carbocycles. The van der Waals surface area contributed by atoms with Gasteiger partial charge in [-0.3, -0.25) is 14.0 Å². The van der Waals surface area contributed by atoms with Gasteiger partial charge in [0.15, 0.2) is 0 Å². The molecule has 3 aromatic carbocycles. The molecule has 1 unspecified atom stereocenters. The fourth-order valence-corrected chi connectivity index (χ4v) is 6.03.